The van der Waals surface area contributed by atoms with Gasteiger partial charge in [-0.25, -0.2) is 0 Å². The second kappa shape index (κ2) is 3.15. The molecular formula is C11H9NO2. The summed E-state index contributed by atoms with van der Waals surface area (Å²) < 4.78 is 5.34. The van der Waals surface area contributed by atoms with Crippen molar-refractivity contribution in [3.8, 4) is 11.8 Å². The number of hydrogen-bond acceptors (Lipinski definition) is 3. The molecule has 1 aliphatic rings. The Kier molecular flexibility index (Phi) is 1.97. The molecule has 14 heavy (non-hydrogen) atoms. The molecule has 0 fully saturated rings. The Hall–Kier alpha value is -1.82. The molecule has 0 unspecified atom stereocenters. The van der Waals surface area contributed by atoms with E-state index < -0.39 is 0 Å². The number of carbonyl (C=O) groups is 1. The lowest BCUT2D eigenvalue weighted by atomic mass is 9.99. The fourth-order valence-electron chi connectivity index (χ4n) is 1.53. The number of nitrogens with zero attached hydrogens (tertiary/aromatic N) is 1. The van der Waals surface area contributed by atoms with Crippen LogP contribution in [0.25, 0.3) is 0 Å². The minimum atomic E-state index is 0.0581. The summed E-state index contributed by atoms with van der Waals surface area (Å²) in [5.74, 6) is 0.667. The van der Waals surface area contributed by atoms with Crippen molar-refractivity contribution in [1.29, 1.82) is 5.26 Å². The number of benzene rings is 1. The normalized spacial score (nSPS) is 14.1. The molecule has 0 aromatic heterocycles. The summed E-state index contributed by atoms with van der Waals surface area (Å²) in [6.45, 7) is 2.28. The number of ketones is 1. The zero-order chi connectivity index (χ0) is 10.1. The molecule has 70 valence electrons. The largest absolute Gasteiger partial charge is 0.492 e. The number of fused-ring (bicyclic) bond motifs is 1. The minimum Gasteiger partial charge on any atom is -0.492 e. The molecule has 0 spiro atoms. The molecule has 0 atom stereocenters. The Labute approximate surface area is 81.9 Å². The molecule has 3 heteroatoms. The van der Waals surface area contributed by atoms with Crippen molar-refractivity contribution in [2.75, 3.05) is 6.61 Å². The van der Waals surface area contributed by atoms with Gasteiger partial charge in [0.25, 0.3) is 0 Å². The van der Waals surface area contributed by atoms with Crippen LogP contribution in [0.3, 0.4) is 0 Å². The third-order valence-electron chi connectivity index (χ3n) is 2.33. The third-order valence-corrected chi connectivity index (χ3v) is 2.33. The third kappa shape index (κ3) is 1.25. The van der Waals surface area contributed by atoms with E-state index in [2.05, 4.69) is 6.07 Å². The Bertz CT molecular complexity index is 443. The molecule has 0 bridgehead atoms. The van der Waals surface area contributed by atoms with E-state index in [4.69, 9.17) is 10.00 Å². The highest BCUT2D eigenvalue weighted by molar-refractivity contribution is 6.00. The van der Waals surface area contributed by atoms with Crippen LogP contribution in [0.4, 0.5) is 0 Å². The van der Waals surface area contributed by atoms with Gasteiger partial charge in [0.2, 0.25) is 0 Å². The number of nitriles is 1. The second-order valence-corrected chi connectivity index (χ2v) is 3.30. The first-order chi connectivity index (χ1) is 6.72. The first-order valence-corrected chi connectivity index (χ1v) is 4.43. The first kappa shape index (κ1) is 8.76. The van der Waals surface area contributed by atoms with E-state index in [1.165, 1.54) is 0 Å². The summed E-state index contributed by atoms with van der Waals surface area (Å²) in [6.07, 6.45) is 0.404. The van der Waals surface area contributed by atoms with Crippen molar-refractivity contribution in [3.63, 3.8) is 0 Å². The summed E-state index contributed by atoms with van der Waals surface area (Å²) >= 11 is 0. The van der Waals surface area contributed by atoms with Gasteiger partial charge in [-0.05, 0) is 24.6 Å². The van der Waals surface area contributed by atoms with Crippen molar-refractivity contribution in [2.24, 2.45) is 0 Å². The molecule has 3 nitrogen and oxygen atoms in total. The zero-order valence-electron chi connectivity index (χ0n) is 7.83. The molecule has 1 aromatic carbocycles. The van der Waals surface area contributed by atoms with Gasteiger partial charge in [0, 0.05) is 6.42 Å². The lowest BCUT2D eigenvalue weighted by Gasteiger charge is -2.16. The SMILES string of the molecule is Cc1cc2c(cc1C#N)C(=O)CCO2. The smallest absolute Gasteiger partial charge is 0.170 e. The molecule has 0 radical (unpaired) electrons. The maximum atomic E-state index is 11.5. The summed E-state index contributed by atoms with van der Waals surface area (Å²) in [5, 5.41) is 8.80. The van der Waals surface area contributed by atoms with Crippen LogP contribution in [0.1, 0.15) is 27.9 Å². The van der Waals surface area contributed by atoms with E-state index in [-0.39, 0.29) is 5.78 Å². The van der Waals surface area contributed by atoms with Crippen molar-refractivity contribution in [3.05, 3.63) is 28.8 Å². The van der Waals surface area contributed by atoms with E-state index in [1.807, 2.05) is 6.92 Å². The van der Waals surface area contributed by atoms with Crippen LogP contribution in [0.5, 0.6) is 5.75 Å². The number of aryl methyl sites for hydroxylation is 1. The lowest BCUT2D eigenvalue weighted by Crippen LogP contribution is -2.15. The van der Waals surface area contributed by atoms with E-state index in [0.717, 1.165) is 5.56 Å². The second-order valence-electron chi connectivity index (χ2n) is 3.30. The van der Waals surface area contributed by atoms with Gasteiger partial charge in [-0.3, -0.25) is 4.79 Å². The van der Waals surface area contributed by atoms with Gasteiger partial charge >= 0.3 is 0 Å². The summed E-state index contributed by atoms with van der Waals surface area (Å²) in [5.41, 5.74) is 1.93. The molecule has 1 heterocycles. The van der Waals surface area contributed by atoms with Gasteiger partial charge in [-0.1, -0.05) is 0 Å². The molecule has 1 aromatic rings. The Balaban J connectivity index is 2.62. The summed E-state index contributed by atoms with van der Waals surface area (Å²) in [4.78, 5) is 11.5. The molecule has 1 aliphatic heterocycles. The van der Waals surface area contributed by atoms with Crippen LogP contribution in [0, 0.1) is 18.3 Å². The molecule has 0 amide bonds. The van der Waals surface area contributed by atoms with Gasteiger partial charge in [0.05, 0.1) is 23.8 Å². The highest BCUT2D eigenvalue weighted by Crippen LogP contribution is 2.27. The predicted octanol–water partition coefficient (Wildman–Crippen LogP) is 1.83. The Morgan fingerprint density at radius 2 is 2.29 bits per heavy atom. The summed E-state index contributed by atoms with van der Waals surface area (Å²) in [6, 6.07) is 5.43. The number of carbonyl (C=O) groups excluding carboxylic acids is 1. The Morgan fingerprint density at radius 3 is 3.00 bits per heavy atom. The van der Waals surface area contributed by atoms with Crippen LogP contribution in [0.15, 0.2) is 12.1 Å². The van der Waals surface area contributed by atoms with E-state index >= 15 is 0 Å². The number of Topliss-reactive ketones (excluding diaryl/α,β-unsaturated/α-hetero) is 1. The average molecular weight is 187 g/mol. The number of hydrogen-bond donors (Lipinski definition) is 0. The quantitative estimate of drug-likeness (QED) is 0.622. The highest BCUT2D eigenvalue weighted by atomic mass is 16.5. The Morgan fingerprint density at radius 1 is 1.50 bits per heavy atom. The highest BCUT2D eigenvalue weighted by Gasteiger charge is 2.19. The monoisotopic (exact) mass is 187 g/mol. The van der Waals surface area contributed by atoms with Crippen LogP contribution >= 0.6 is 0 Å². The number of ether oxygens (including phenoxy) is 1. The van der Waals surface area contributed by atoms with Crippen LogP contribution in [-0.2, 0) is 0 Å². The van der Waals surface area contributed by atoms with Gasteiger partial charge in [-0.15, -0.1) is 0 Å². The van der Waals surface area contributed by atoms with Gasteiger partial charge < -0.3 is 4.74 Å². The molecule has 0 saturated carbocycles. The molecule has 2 rings (SSSR count). The average Bonchev–Trinajstić information content (AvgIpc) is 2.17. The zero-order valence-corrected chi connectivity index (χ0v) is 7.83. The topological polar surface area (TPSA) is 50.1 Å². The van der Waals surface area contributed by atoms with Crippen LogP contribution in [0.2, 0.25) is 0 Å². The standard InChI is InChI=1S/C11H9NO2/c1-7-4-11-9(5-8(7)6-12)10(13)2-3-14-11/h4-5H,2-3H2,1H3. The van der Waals surface area contributed by atoms with E-state index in [0.29, 0.717) is 29.9 Å². The molecule has 0 N–H and O–H groups in total. The van der Waals surface area contributed by atoms with Gasteiger partial charge in [0.15, 0.2) is 5.78 Å². The van der Waals surface area contributed by atoms with Gasteiger partial charge in [-0.2, -0.15) is 5.26 Å². The fourth-order valence-corrected chi connectivity index (χ4v) is 1.53. The number of rotatable bonds is 0. The van der Waals surface area contributed by atoms with Crippen molar-refractivity contribution in [2.45, 2.75) is 13.3 Å². The first-order valence-electron chi connectivity index (χ1n) is 4.43. The lowest BCUT2D eigenvalue weighted by molar-refractivity contribution is 0.0933. The maximum absolute atomic E-state index is 11.5. The van der Waals surface area contributed by atoms with E-state index in [9.17, 15) is 4.79 Å². The fraction of sp³-hybridized carbons (Fsp3) is 0.273. The van der Waals surface area contributed by atoms with Gasteiger partial charge in [0.1, 0.15) is 5.75 Å². The molecular weight excluding hydrogens is 178 g/mol. The van der Waals surface area contributed by atoms with E-state index in [1.54, 1.807) is 12.1 Å². The van der Waals surface area contributed by atoms with Crippen LogP contribution in [-0.4, -0.2) is 12.4 Å². The molecule has 0 aliphatic carbocycles. The predicted molar refractivity (Wildman–Crippen MR) is 50.3 cm³/mol. The summed E-state index contributed by atoms with van der Waals surface area (Å²) in [7, 11) is 0. The van der Waals surface area contributed by atoms with Crippen molar-refractivity contribution in [1.82, 2.24) is 0 Å². The van der Waals surface area contributed by atoms with Crippen molar-refractivity contribution < 1.29 is 9.53 Å². The maximum Gasteiger partial charge on any atom is 0.170 e. The molecule has 0 saturated heterocycles. The van der Waals surface area contributed by atoms with Crippen molar-refractivity contribution >= 4 is 5.78 Å². The minimum absolute atomic E-state index is 0.0581. The van der Waals surface area contributed by atoms with Crippen LogP contribution < -0.4 is 4.74 Å².